The molecule has 0 bridgehead atoms. The fourth-order valence-corrected chi connectivity index (χ4v) is 1.60. The quantitative estimate of drug-likeness (QED) is 0.288. The number of rotatable bonds is 1. The highest BCUT2D eigenvalue weighted by Gasteiger charge is 2.11. The maximum absolute atomic E-state index is 13.0. The van der Waals surface area contributed by atoms with Gasteiger partial charge in [0.25, 0.3) is 0 Å². The van der Waals surface area contributed by atoms with Crippen LogP contribution in [0.25, 0.3) is 10.9 Å². The second kappa shape index (κ2) is 3.27. The highest BCUT2D eigenvalue weighted by atomic mass is 19.1. The van der Waals surface area contributed by atoms with E-state index < -0.39 is 0 Å². The van der Waals surface area contributed by atoms with E-state index in [9.17, 15) is 4.39 Å². The van der Waals surface area contributed by atoms with Crippen molar-refractivity contribution in [3.63, 3.8) is 0 Å². The minimum atomic E-state index is -0.310. The van der Waals surface area contributed by atoms with E-state index in [-0.39, 0.29) is 11.7 Å². The summed E-state index contributed by atoms with van der Waals surface area (Å²) in [5, 5.41) is 12.2. The summed E-state index contributed by atoms with van der Waals surface area (Å²) in [6.45, 7) is 1.78. The van der Waals surface area contributed by atoms with Gasteiger partial charge in [0.15, 0.2) is 5.84 Å². The average Bonchev–Trinajstić information content (AvgIpc) is 2.55. The molecular formula is C10H10FN3O. The minimum absolute atomic E-state index is 0.0101. The van der Waals surface area contributed by atoms with E-state index in [2.05, 4.69) is 10.1 Å². The van der Waals surface area contributed by atoms with Crippen molar-refractivity contribution in [1.29, 1.82) is 0 Å². The highest BCUT2D eigenvalue weighted by Crippen LogP contribution is 2.22. The van der Waals surface area contributed by atoms with E-state index in [1.807, 2.05) is 0 Å². The lowest BCUT2D eigenvalue weighted by Crippen LogP contribution is -2.14. The number of nitrogens with two attached hydrogens (primary N) is 1. The zero-order valence-corrected chi connectivity index (χ0v) is 8.08. The van der Waals surface area contributed by atoms with Gasteiger partial charge in [0.05, 0.1) is 5.69 Å². The third-order valence-electron chi connectivity index (χ3n) is 2.38. The van der Waals surface area contributed by atoms with Crippen LogP contribution in [0.4, 0.5) is 4.39 Å². The number of halogens is 1. The zero-order valence-electron chi connectivity index (χ0n) is 8.08. The van der Waals surface area contributed by atoms with Crippen molar-refractivity contribution in [1.82, 2.24) is 4.98 Å². The molecule has 0 radical (unpaired) electrons. The van der Waals surface area contributed by atoms with Crippen LogP contribution in [-0.4, -0.2) is 16.0 Å². The summed E-state index contributed by atoms with van der Waals surface area (Å²) in [6.07, 6.45) is 0. The molecule has 0 aliphatic carbocycles. The number of oxime groups is 1. The molecule has 0 unspecified atom stereocenters. The number of amidine groups is 1. The molecule has 4 N–H and O–H groups in total. The van der Waals surface area contributed by atoms with Crippen LogP contribution in [-0.2, 0) is 0 Å². The first kappa shape index (κ1) is 9.51. The molecule has 0 saturated carbocycles. The predicted molar refractivity (Wildman–Crippen MR) is 55.5 cm³/mol. The van der Waals surface area contributed by atoms with Gasteiger partial charge in [-0.25, -0.2) is 4.39 Å². The second-order valence-electron chi connectivity index (χ2n) is 3.30. The number of aromatic nitrogens is 1. The van der Waals surface area contributed by atoms with Gasteiger partial charge >= 0.3 is 0 Å². The maximum Gasteiger partial charge on any atom is 0.186 e. The molecule has 0 amide bonds. The van der Waals surface area contributed by atoms with Crippen molar-refractivity contribution in [2.45, 2.75) is 6.92 Å². The van der Waals surface area contributed by atoms with E-state index in [4.69, 9.17) is 10.9 Å². The summed E-state index contributed by atoms with van der Waals surface area (Å²) in [5.74, 6) is -0.320. The summed E-state index contributed by atoms with van der Waals surface area (Å²) >= 11 is 0. The molecule has 2 aromatic rings. The highest BCUT2D eigenvalue weighted by molar-refractivity contribution is 6.02. The summed E-state index contributed by atoms with van der Waals surface area (Å²) in [7, 11) is 0. The van der Waals surface area contributed by atoms with E-state index in [1.54, 1.807) is 13.0 Å². The fourth-order valence-electron chi connectivity index (χ4n) is 1.60. The monoisotopic (exact) mass is 207 g/mol. The molecule has 1 heterocycles. The summed E-state index contributed by atoms with van der Waals surface area (Å²) < 4.78 is 13.0. The minimum Gasteiger partial charge on any atom is -0.409 e. The van der Waals surface area contributed by atoms with Crippen molar-refractivity contribution in [2.24, 2.45) is 10.9 Å². The van der Waals surface area contributed by atoms with Crippen molar-refractivity contribution in [2.75, 3.05) is 0 Å². The Kier molecular flexibility index (Phi) is 2.07. The molecular weight excluding hydrogens is 197 g/mol. The molecule has 2 rings (SSSR count). The lowest BCUT2D eigenvalue weighted by molar-refractivity contribution is 0.318. The Balaban J connectivity index is 2.75. The average molecular weight is 207 g/mol. The fraction of sp³-hybridized carbons (Fsp3) is 0.100. The number of nitrogens with one attached hydrogen (secondary N) is 1. The SMILES string of the molecule is Cc1c(/C(N)=N/O)[nH]c2ccc(F)cc12. The molecule has 4 nitrogen and oxygen atoms in total. The van der Waals surface area contributed by atoms with E-state index >= 15 is 0 Å². The summed E-state index contributed by atoms with van der Waals surface area (Å²) in [6, 6.07) is 4.38. The van der Waals surface area contributed by atoms with Crippen LogP contribution < -0.4 is 5.73 Å². The number of aryl methyl sites for hydroxylation is 1. The van der Waals surface area contributed by atoms with Crippen LogP contribution in [0.1, 0.15) is 11.3 Å². The molecule has 1 aromatic heterocycles. The number of hydrogen-bond donors (Lipinski definition) is 3. The standard InChI is InChI=1S/C10H10FN3O/c1-5-7-4-6(11)2-3-8(7)13-9(5)10(12)14-15/h2-4,13,15H,1H3,(H2,12,14). The van der Waals surface area contributed by atoms with Crippen LogP contribution in [0, 0.1) is 12.7 Å². The normalized spacial score (nSPS) is 12.3. The van der Waals surface area contributed by atoms with Gasteiger partial charge in [0.2, 0.25) is 0 Å². The van der Waals surface area contributed by atoms with Gasteiger partial charge in [-0.2, -0.15) is 0 Å². The molecule has 0 aliphatic heterocycles. The lowest BCUT2D eigenvalue weighted by Gasteiger charge is -1.95. The molecule has 0 saturated heterocycles. The molecule has 0 atom stereocenters. The van der Waals surface area contributed by atoms with E-state index in [0.29, 0.717) is 5.69 Å². The van der Waals surface area contributed by atoms with Crippen molar-refractivity contribution < 1.29 is 9.60 Å². The topological polar surface area (TPSA) is 74.4 Å². The first-order chi connectivity index (χ1) is 7.13. The van der Waals surface area contributed by atoms with Crippen LogP contribution in [0.2, 0.25) is 0 Å². The van der Waals surface area contributed by atoms with Gasteiger partial charge in [-0.1, -0.05) is 5.16 Å². The van der Waals surface area contributed by atoms with Gasteiger partial charge in [-0.05, 0) is 30.7 Å². The Hall–Kier alpha value is -2.04. The number of H-pyrrole nitrogens is 1. The number of fused-ring (bicyclic) bond motifs is 1. The first-order valence-electron chi connectivity index (χ1n) is 4.39. The number of hydrogen-bond acceptors (Lipinski definition) is 2. The van der Waals surface area contributed by atoms with Crippen LogP contribution in [0.15, 0.2) is 23.4 Å². The van der Waals surface area contributed by atoms with Crippen LogP contribution >= 0.6 is 0 Å². The zero-order chi connectivity index (χ0) is 11.0. The van der Waals surface area contributed by atoms with Crippen molar-refractivity contribution >= 4 is 16.7 Å². The molecule has 0 spiro atoms. The molecule has 1 aromatic carbocycles. The summed E-state index contributed by atoms with van der Waals surface area (Å²) in [4.78, 5) is 2.96. The Labute approximate surface area is 85.2 Å². The Morgan fingerprint density at radius 2 is 2.27 bits per heavy atom. The first-order valence-corrected chi connectivity index (χ1v) is 4.39. The predicted octanol–water partition coefficient (Wildman–Crippen LogP) is 1.71. The summed E-state index contributed by atoms with van der Waals surface area (Å²) in [5.41, 5.74) is 7.51. The Morgan fingerprint density at radius 3 is 2.93 bits per heavy atom. The van der Waals surface area contributed by atoms with Gasteiger partial charge in [0.1, 0.15) is 5.82 Å². The van der Waals surface area contributed by atoms with Crippen LogP contribution in [0.3, 0.4) is 0 Å². The van der Waals surface area contributed by atoms with Gasteiger partial charge < -0.3 is 15.9 Å². The second-order valence-corrected chi connectivity index (χ2v) is 3.30. The van der Waals surface area contributed by atoms with Gasteiger partial charge in [-0.15, -0.1) is 0 Å². The van der Waals surface area contributed by atoms with E-state index in [1.165, 1.54) is 12.1 Å². The van der Waals surface area contributed by atoms with Gasteiger partial charge in [-0.3, -0.25) is 0 Å². The molecule has 5 heteroatoms. The van der Waals surface area contributed by atoms with Gasteiger partial charge in [0, 0.05) is 10.9 Å². The molecule has 0 aliphatic rings. The molecule has 0 fully saturated rings. The lowest BCUT2D eigenvalue weighted by atomic mass is 10.1. The van der Waals surface area contributed by atoms with E-state index in [0.717, 1.165) is 16.5 Å². The number of aromatic amines is 1. The van der Waals surface area contributed by atoms with Crippen LogP contribution in [0.5, 0.6) is 0 Å². The molecule has 78 valence electrons. The molecule has 15 heavy (non-hydrogen) atoms. The number of nitrogens with zero attached hydrogens (tertiary/aromatic N) is 1. The third kappa shape index (κ3) is 1.41. The third-order valence-corrected chi connectivity index (χ3v) is 2.38. The van der Waals surface area contributed by atoms with Crippen molar-refractivity contribution in [3.8, 4) is 0 Å². The smallest absolute Gasteiger partial charge is 0.186 e. The Bertz CT molecular complexity index is 545. The van der Waals surface area contributed by atoms with Crippen molar-refractivity contribution in [3.05, 3.63) is 35.3 Å². The maximum atomic E-state index is 13.0. The number of benzene rings is 1. The largest absolute Gasteiger partial charge is 0.409 e. The Morgan fingerprint density at radius 1 is 1.53 bits per heavy atom.